The summed E-state index contributed by atoms with van der Waals surface area (Å²) in [6, 6.07) is 6.60. The summed E-state index contributed by atoms with van der Waals surface area (Å²) >= 11 is 6.00. The number of aromatic nitrogens is 2. The SMILES string of the molecule is N#Cc1c(NC2CC2)nn(-c2c(F)cccc2Cl)c1N. The zero-order chi connectivity index (χ0) is 14.3. The molecule has 0 amide bonds. The Kier molecular flexibility index (Phi) is 2.99. The number of nitrogens with two attached hydrogens (primary N) is 1. The minimum atomic E-state index is -0.547. The van der Waals surface area contributed by atoms with Gasteiger partial charge in [-0.15, -0.1) is 5.10 Å². The molecule has 0 bridgehead atoms. The van der Waals surface area contributed by atoms with Gasteiger partial charge >= 0.3 is 0 Å². The monoisotopic (exact) mass is 291 g/mol. The van der Waals surface area contributed by atoms with E-state index in [2.05, 4.69) is 10.4 Å². The molecule has 3 N–H and O–H groups in total. The van der Waals surface area contributed by atoms with Gasteiger partial charge in [-0.1, -0.05) is 17.7 Å². The second-order valence-corrected chi connectivity index (χ2v) is 5.03. The van der Waals surface area contributed by atoms with E-state index >= 15 is 0 Å². The Balaban J connectivity index is 2.14. The molecule has 0 aliphatic heterocycles. The maximum absolute atomic E-state index is 13.9. The topological polar surface area (TPSA) is 79.7 Å². The molecule has 1 fully saturated rings. The van der Waals surface area contributed by atoms with E-state index in [1.54, 1.807) is 6.07 Å². The number of hydrogen-bond donors (Lipinski definition) is 2. The van der Waals surface area contributed by atoms with Crippen LogP contribution in [0.5, 0.6) is 0 Å². The van der Waals surface area contributed by atoms with Crippen molar-refractivity contribution in [3.8, 4) is 11.8 Å². The number of benzene rings is 1. The molecular weight excluding hydrogens is 281 g/mol. The van der Waals surface area contributed by atoms with Gasteiger partial charge in [0.05, 0.1) is 5.02 Å². The molecule has 0 spiro atoms. The van der Waals surface area contributed by atoms with Crippen LogP contribution < -0.4 is 11.1 Å². The van der Waals surface area contributed by atoms with Crippen LogP contribution in [0, 0.1) is 17.1 Å². The Morgan fingerprint density at radius 2 is 2.25 bits per heavy atom. The van der Waals surface area contributed by atoms with Crippen molar-refractivity contribution in [2.45, 2.75) is 18.9 Å². The predicted molar refractivity (Wildman–Crippen MR) is 74.3 cm³/mol. The molecular formula is C13H11ClFN5. The molecule has 7 heteroatoms. The van der Waals surface area contributed by atoms with Crippen molar-refractivity contribution in [3.63, 3.8) is 0 Å². The van der Waals surface area contributed by atoms with E-state index in [9.17, 15) is 9.65 Å². The lowest BCUT2D eigenvalue weighted by Gasteiger charge is -2.07. The summed E-state index contributed by atoms with van der Waals surface area (Å²) in [4.78, 5) is 0. The maximum Gasteiger partial charge on any atom is 0.168 e. The van der Waals surface area contributed by atoms with Crippen LogP contribution in [-0.4, -0.2) is 15.8 Å². The van der Waals surface area contributed by atoms with E-state index < -0.39 is 5.82 Å². The lowest BCUT2D eigenvalue weighted by molar-refractivity contribution is 0.612. The number of nitrogens with zero attached hydrogens (tertiary/aromatic N) is 3. The third kappa shape index (κ3) is 2.06. The summed E-state index contributed by atoms with van der Waals surface area (Å²) in [5, 5.41) is 16.7. The number of para-hydroxylation sites is 1. The number of nitrogens with one attached hydrogen (secondary N) is 1. The van der Waals surface area contributed by atoms with Crippen molar-refractivity contribution < 1.29 is 4.39 Å². The fourth-order valence-corrected chi connectivity index (χ4v) is 2.17. The summed E-state index contributed by atoms with van der Waals surface area (Å²) in [5.74, 6) is -0.108. The molecule has 1 aromatic carbocycles. The number of nitrogen functional groups attached to an aromatic ring is 1. The van der Waals surface area contributed by atoms with Gasteiger partial charge in [0, 0.05) is 6.04 Å². The molecule has 0 unspecified atom stereocenters. The number of hydrogen-bond acceptors (Lipinski definition) is 4. The van der Waals surface area contributed by atoms with E-state index in [1.165, 1.54) is 16.8 Å². The van der Waals surface area contributed by atoms with Crippen molar-refractivity contribution in [2.24, 2.45) is 0 Å². The first kappa shape index (κ1) is 12.8. The third-order valence-corrected chi connectivity index (χ3v) is 3.41. The van der Waals surface area contributed by atoms with E-state index in [0.717, 1.165) is 12.8 Å². The number of anilines is 2. The summed E-state index contributed by atoms with van der Waals surface area (Å²) in [6.45, 7) is 0. The molecule has 5 nitrogen and oxygen atoms in total. The van der Waals surface area contributed by atoms with Crippen molar-refractivity contribution in [1.29, 1.82) is 5.26 Å². The quantitative estimate of drug-likeness (QED) is 0.911. The first-order valence-electron chi connectivity index (χ1n) is 6.11. The van der Waals surface area contributed by atoms with Gasteiger partial charge < -0.3 is 11.1 Å². The van der Waals surface area contributed by atoms with Crippen LogP contribution in [0.2, 0.25) is 5.02 Å². The second kappa shape index (κ2) is 4.69. The van der Waals surface area contributed by atoms with Crippen LogP contribution in [-0.2, 0) is 0 Å². The summed E-state index contributed by atoms with van der Waals surface area (Å²) in [7, 11) is 0. The van der Waals surface area contributed by atoms with Crippen LogP contribution >= 0.6 is 11.6 Å². The Morgan fingerprint density at radius 3 is 2.85 bits per heavy atom. The minimum Gasteiger partial charge on any atom is -0.382 e. The molecule has 0 saturated heterocycles. The largest absolute Gasteiger partial charge is 0.382 e. The van der Waals surface area contributed by atoms with Gasteiger partial charge in [0.15, 0.2) is 5.82 Å². The zero-order valence-corrected chi connectivity index (χ0v) is 11.2. The maximum atomic E-state index is 13.9. The Morgan fingerprint density at radius 1 is 1.50 bits per heavy atom. The van der Waals surface area contributed by atoms with Crippen LogP contribution in [0.1, 0.15) is 18.4 Å². The van der Waals surface area contributed by atoms with Gasteiger partial charge in [0.1, 0.15) is 29.0 Å². The highest BCUT2D eigenvalue weighted by Gasteiger charge is 2.26. The molecule has 1 aliphatic rings. The van der Waals surface area contributed by atoms with Crippen molar-refractivity contribution in [2.75, 3.05) is 11.1 Å². The highest BCUT2D eigenvalue weighted by atomic mass is 35.5. The van der Waals surface area contributed by atoms with Gasteiger partial charge in [-0.2, -0.15) is 5.26 Å². The van der Waals surface area contributed by atoms with Crippen LogP contribution in [0.25, 0.3) is 5.69 Å². The fraction of sp³-hybridized carbons (Fsp3) is 0.231. The second-order valence-electron chi connectivity index (χ2n) is 4.62. The highest BCUT2D eigenvalue weighted by molar-refractivity contribution is 6.32. The molecule has 1 aliphatic carbocycles. The Hall–Kier alpha value is -2.26. The van der Waals surface area contributed by atoms with Gasteiger partial charge in [-0.05, 0) is 25.0 Å². The molecule has 20 heavy (non-hydrogen) atoms. The van der Waals surface area contributed by atoms with Crippen molar-refractivity contribution in [3.05, 3.63) is 34.6 Å². The molecule has 0 atom stereocenters. The molecule has 1 aromatic heterocycles. The van der Waals surface area contributed by atoms with E-state index in [1.807, 2.05) is 6.07 Å². The zero-order valence-electron chi connectivity index (χ0n) is 10.4. The van der Waals surface area contributed by atoms with Gasteiger partial charge in [-0.25, -0.2) is 9.07 Å². The Bertz CT molecular complexity index is 694. The lowest BCUT2D eigenvalue weighted by Crippen LogP contribution is -2.06. The summed E-state index contributed by atoms with van der Waals surface area (Å²) in [5.41, 5.74) is 6.15. The molecule has 0 radical (unpaired) electrons. The lowest BCUT2D eigenvalue weighted by atomic mass is 10.3. The van der Waals surface area contributed by atoms with Crippen LogP contribution in [0.4, 0.5) is 16.0 Å². The Labute approximate surface area is 119 Å². The fourth-order valence-electron chi connectivity index (χ4n) is 1.93. The average molecular weight is 292 g/mol. The first-order valence-corrected chi connectivity index (χ1v) is 6.49. The summed E-state index contributed by atoms with van der Waals surface area (Å²) in [6.07, 6.45) is 2.05. The third-order valence-electron chi connectivity index (χ3n) is 3.10. The molecule has 2 aromatic rings. The average Bonchev–Trinajstić information content (AvgIpc) is 3.16. The molecule has 3 rings (SSSR count). The van der Waals surface area contributed by atoms with E-state index in [-0.39, 0.29) is 22.1 Å². The highest BCUT2D eigenvalue weighted by Crippen LogP contribution is 2.32. The van der Waals surface area contributed by atoms with Crippen LogP contribution in [0.15, 0.2) is 18.2 Å². The smallest absolute Gasteiger partial charge is 0.168 e. The van der Waals surface area contributed by atoms with Gasteiger partial charge in [-0.3, -0.25) is 0 Å². The first-order chi connectivity index (χ1) is 9.61. The van der Waals surface area contributed by atoms with Crippen molar-refractivity contribution in [1.82, 2.24) is 9.78 Å². The normalized spacial score (nSPS) is 14.1. The standard InChI is InChI=1S/C13H11ClFN5/c14-9-2-1-3-10(15)11(9)20-12(17)8(6-16)13(19-20)18-7-4-5-7/h1-3,7H,4-5,17H2,(H,18,19). The predicted octanol–water partition coefficient (Wildman–Crippen LogP) is 2.69. The molecule has 1 heterocycles. The van der Waals surface area contributed by atoms with E-state index in [0.29, 0.717) is 11.9 Å². The van der Waals surface area contributed by atoms with Crippen LogP contribution in [0.3, 0.4) is 0 Å². The number of halogens is 2. The summed E-state index contributed by atoms with van der Waals surface area (Å²) < 4.78 is 15.1. The van der Waals surface area contributed by atoms with Gasteiger partial charge in [0.2, 0.25) is 0 Å². The van der Waals surface area contributed by atoms with Crippen molar-refractivity contribution >= 4 is 23.2 Å². The minimum absolute atomic E-state index is 0.0482. The van der Waals surface area contributed by atoms with Gasteiger partial charge in [0.25, 0.3) is 0 Å². The molecule has 1 saturated carbocycles. The molecule has 102 valence electrons. The number of rotatable bonds is 3. The van der Waals surface area contributed by atoms with E-state index in [4.69, 9.17) is 17.3 Å². The number of nitriles is 1.